The fraction of sp³-hybridized carbons (Fsp3) is 0.636. The molecule has 71 valence electrons. The van der Waals surface area contributed by atoms with E-state index in [9.17, 15) is 4.79 Å². The summed E-state index contributed by atoms with van der Waals surface area (Å²) < 4.78 is 0. The van der Waals surface area contributed by atoms with Crippen molar-refractivity contribution in [1.82, 2.24) is 4.90 Å². The fourth-order valence-corrected chi connectivity index (χ4v) is 1.56. The Morgan fingerprint density at radius 2 is 2.00 bits per heavy atom. The van der Waals surface area contributed by atoms with Gasteiger partial charge in [0, 0.05) is 32.9 Å². The molecule has 1 heterocycles. The monoisotopic (exact) mass is 178 g/mol. The van der Waals surface area contributed by atoms with Crippen molar-refractivity contribution in [1.29, 1.82) is 0 Å². The Bertz CT molecular complexity index is 218. The van der Waals surface area contributed by atoms with Crippen LogP contribution in [0.1, 0.15) is 32.1 Å². The summed E-state index contributed by atoms with van der Waals surface area (Å²) in [5.41, 5.74) is 0. The van der Waals surface area contributed by atoms with Crippen LogP contribution in [0.2, 0.25) is 0 Å². The van der Waals surface area contributed by atoms with Gasteiger partial charge in [0.15, 0.2) is 0 Å². The summed E-state index contributed by atoms with van der Waals surface area (Å²) in [5, 5.41) is 0. The SMILES string of the molecule is [CH2]C#CCCC(=O)N1CCCCC1. The molecule has 1 radical (unpaired) electrons. The van der Waals surface area contributed by atoms with Crippen LogP contribution in [0, 0.1) is 18.8 Å². The zero-order chi connectivity index (χ0) is 9.52. The van der Waals surface area contributed by atoms with Crippen molar-refractivity contribution < 1.29 is 4.79 Å². The summed E-state index contributed by atoms with van der Waals surface area (Å²) in [6.45, 7) is 5.29. The maximum Gasteiger partial charge on any atom is 0.223 e. The van der Waals surface area contributed by atoms with E-state index >= 15 is 0 Å². The topological polar surface area (TPSA) is 20.3 Å². The summed E-state index contributed by atoms with van der Waals surface area (Å²) in [6, 6.07) is 0. The Morgan fingerprint density at radius 1 is 1.31 bits per heavy atom. The number of nitrogens with zero attached hydrogens (tertiary/aromatic N) is 1. The first kappa shape index (κ1) is 10.1. The molecule has 2 nitrogen and oxygen atoms in total. The highest BCUT2D eigenvalue weighted by atomic mass is 16.2. The van der Waals surface area contributed by atoms with Gasteiger partial charge in [0.1, 0.15) is 0 Å². The van der Waals surface area contributed by atoms with Gasteiger partial charge in [0.25, 0.3) is 0 Å². The van der Waals surface area contributed by atoms with Crippen molar-refractivity contribution in [3.63, 3.8) is 0 Å². The summed E-state index contributed by atoms with van der Waals surface area (Å²) in [7, 11) is 0. The number of carbonyl (C=O) groups excluding carboxylic acids is 1. The average molecular weight is 178 g/mol. The van der Waals surface area contributed by atoms with Crippen LogP contribution in [0.5, 0.6) is 0 Å². The van der Waals surface area contributed by atoms with Crippen molar-refractivity contribution in [3.05, 3.63) is 6.92 Å². The number of piperidine rings is 1. The van der Waals surface area contributed by atoms with Crippen LogP contribution in [0.4, 0.5) is 0 Å². The lowest BCUT2D eigenvalue weighted by Crippen LogP contribution is -2.35. The predicted molar refractivity (Wildman–Crippen MR) is 52.8 cm³/mol. The first-order valence-electron chi connectivity index (χ1n) is 4.87. The molecule has 0 aliphatic carbocycles. The van der Waals surface area contributed by atoms with E-state index in [0.717, 1.165) is 25.9 Å². The molecule has 0 aromatic rings. The van der Waals surface area contributed by atoms with Gasteiger partial charge >= 0.3 is 0 Å². The molecule has 1 aliphatic rings. The van der Waals surface area contributed by atoms with E-state index in [1.165, 1.54) is 6.42 Å². The van der Waals surface area contributed by atoms with Gasteiger partial charge in [-0.2, -0.15) is 0 Å². The fourth-order valence-electron chi connectivity index (χ4n) is 1.56. The van der Waals surface area contributed by atoms with Gasteiger partial charge < -0.3 is 4.90 Å². The first-order valence-corrected chi connectivity index (χ1v) is 4.87. The Kier molecular flexibility index (Phi) is 4.39. The van der Waals surface area contributed by atoms with Gasteiger partial charge in [-0.3, -0.25) is 4.79 Å². The van der Waals surface area contributed by atoms with Crippen molar-refractivity contribution in [2.45, 2.75) is 32.1 Å². The number of rotatable bonds is 2. The van der Waals surface area contributed by atoms with Crippen molar-refractivity contribution in [2.24, 2.45) is 0 Å². The van der Waals surface area contributed by atoms with Crippen LogP contribution < -0.4 is 0 Å². The van der Waals surface area contributed by atoms with E-state index in [1.807, 2.05) is 4.90 Å². The smallest absolute Gasteiger partial charge is 0.223 e. The molecule has 1 aliphatic heterocycles. The van der Waals surface area contributed by atoms with Gasteiger partial charge in [-0.05, 0) is 19.3 Å². The van der Waals surface area contributed by atoms with Crippen molar-refractivity contribution in [2.75, 3.05) is 13.1 Å². The molecule has 1 fully saturated rings. The maximum absolute atomic E-state index is 11.5. The minimum absolute atomic E-state index is 0.252. The highest BCUT2D eigenvalue weighted by Crippen LogP contribution is 2.10. The Hall–Kier alpha value is -0.970. The van der Waals surface area contributed by atoms with Crippen LogP contribution in [-0.2, 0) is 4.79 Å². The molecular formula is C11H16NO. The first-order chi connectivity index (χ1) is 6.34. The predicted octanol–water partition coefficient (Wildman–Crippen LogP) is 1.62. The highest BCUT2D eigenvalue weighted by Gasteiger charge is 2.14. The summed E-state index contributed by atoms with van der Waals surface area (Å²) in [5.74, 6) is 5.62. The van der Waals surface area contributed by atoms with Crippen molar-refractivity contribution >= 4 is 5.91 Å². The Balaban J connectivity index is 2.23. The number of hydrogen-bond acceptors (Lipinski definition) is 1. The zero-order valence-corrected chi connectivity index (χ0v) is 8.01. The second-order valence-electron chi connectivity index (χ2n) is 3.30. The van der Waals surface area contributed by atoms with Crippen molar-refractivity contribution in [3.8, 4) is 11.8 Å². The van der Waals surface area contributed by atoms with Gasteiger partial charge in [0.05, 0.1) is 0 Å². The second-order valence-corrected chi connectivity index (χ2v) is 3.30. The van der Waals surface area contributed by atoms with Gasteiger partial charge in [-0.25, -0.2) is 0 Å². The summed E-state index contributed by atoms with van der Waals surface area (Å²) in [4.78, 5) is 13.5. The average Bonchev–Trinajstić information content (AvgIpc) is 2.19. The minimum atomic E-state index is 0.252. The lowest BCUT2D eigenvalue weighted by molar-refractivity contribution is -0.131. The molecular weight excluding hydrogens is 162 g/mol. The van der Waals surface area contributed by atoms with E-state index in [1.54, 1.807) is 0 Å². The summed E-state index contributed by atoms with van der Waals surface area (Å²) in [6.07, 6.45) is 4.79. The Morgan fingerprint density at radius 3 is 2.62 bits per heavy atom. The largest absolute Gasteiger partial charge is 0.343 e. The third kappa shape index (κ3) is 3.50. The van der Waals surface area contributed by atoms with Crippen LogP contribution >= 0.6 is 0 Å². The number of carbonyl (C=O) groups is 1. The molecule has 0 saturated carbocycles. The molecule has 0 aromatic heterocycles. The second kappa shape index (κ2) is 5.64. The lowest BCUT2D eigenvalue weighted by Gasteiger charge is -2.26. The number of hydrogen-bond donors (Lipinski definition) is 0. The molecule has 0 N–H and O–H groups in total. The third-order valence-corrected chi connectivity index (χ3v) is 2.30. The van der Waals surface area contributed by atoms with E-state index in [-0.39, 0.29) is 5.91 Å². The standard InChI is InChI=1S/C11H16NO/c1-2-3-5-8-11(13)12-9-6-4-7-10-12/h1,4-10H2. The normalized spacial score (nSPS) is 16.2. The van der Waals surface area contributed by atoms with E-state index in [2.05, 4.69) is 18.8 Å². The molecule has 0 spiro atoms. The third-order valence-electron chi connectivity index (χ3n) is 2.30. The quantitative estimate of drug-likeness (QED) is 0.588. The van der Waals surface area contributed by atoms with Gasteiger partial charge in [-0.1, -0.05) is 0 Å². The van der Waals surface area contributed by atoms with Crippen LogP contribution in [0.25, 0.3) is 0 Å². The Labute approximate surface area is 80.3 Å². The van der Waals surface area contributed by atoms with E-state index < -0.39 is 0 Å². The zero-order valence-electron chi connectivity index (χ0n) is 8.01. The molecule has 0 bridgehead atoms. The number of likely N-dealkylation sites (tertiary alicyclic amines) is 1. The number of amides is 1. The lowest BCUT2D eigenvalue weighted by atomic mass is 10.1. The molecule has 13 heavy (non-hydrogen) atoms. The van der Waals surface area contributed by atoms with E-state index in [0.29, 0.717) is 12.8 Å². The van der Waals surface area contributed by atoms with Crippen LogP contribution in [0.3, 0.4) is 0 Å². The van der Waals surface area contributed by atoms with Crippen LogP contribution in [0.15, 0.2) is 0 Å². The molecule has 0 aromatic carbocycles. The molecule has 1 rings (SSSR count). The van der Waals surface area contributed by atoms with Crippen LogP contribution in [-0.4, -0.2) is 23.9 Å². The highest BCUT2D eigenvalue weighted by molar-refractivity contribution is 5.76. The molecule has 2 heteroatoms. The molecule has 0 unspecified atom stereocenters. The minimum Gasteiger partial charge on any atom is -0.343 e. The van der Waals surface area contributed by atoms with Gasteiger partial charge in [-0.15, -0.1) is 11.8 Å². The van der Waals surface area contributed by atoms with E-state index in [4.69, 9.17) is 0 Å². The molecule has 1 amide bonds. The van der Waals surface area contributed by atoms with Gasteiger partial charge in [0.2, 0.25) is 5.91 Å². The molecule has 1 saturated heterocycles. The summed E-state index contributed by atoms with van der Waals surface area (Å²) >= 11 is 0. The maximum atomic E-state index is 11.5. The molecule has 0 atom stereocenters.